The molecule has 0 aromatic heterocycles. The number of benzene rings is 1. The van der Waals surface area contributed by atoms with E-state index in [0.29, 0.717) is 11.8 Å². The summed E-state index contributed by atoms with van der Waals surface area (Å²) in [4.78, 5) is 30.8. The van der Waals surface area contributed by atoms with Crippen LogP contribution in [0.15, 0.2) is 29.3 Å². The van der Waals surface area contributed by atoms with Crippen molar-refractivity contribution in [3.63, 3.8) is 0 Å². The SMILES string of the molecule is CC1=N[C@@]2(CC[C@@H]3CN(Cc4cccc(C)c4)C[C@@H]32)C(=O)N1C.O=C(O)C(F)(F)F. The van der Waals surface area contributed by atoms with Crippen LogP contribution in [0.3, 0.4) is 0 Å². The number of fused-ring (bicyclic) bond motifs is 2. The molecular formula is C21H26F3N3O3. The number of amides is 1. The Morgan fingerprint density at radius 3 is 2.50 bits per heavy atom. The van der Waals surface area contributed by atoms with Crippen LogP contribution in [0.5, 0.6) is 0 Å². The molecule has 1 spiro atoms. The van der Waals surface area contributed by atoms with Crippen molar-refractivity contribution in [2.24, 2.45) is 16.8 Å². The van der Waals surface area contributed by atoms with Crippen molar-refractivity contribution in [1.29, 1.82) is 0 Å². The topological polar surface area (TPSA) is 73.2 Å². The lowest BCUT2D eigenvalue weighted by Gasteiger charge is -2.27. The van der Waals surface area contributed by atoms with Crippen LogP contribution in [-0.2, 0) is 16.1 Å². The van der Waals surface area contributed by atoms with E-state index in [2.05, 4.69) is 36.1 Å². The van der Waals surface area contributed by atoms with E-state index in [9.17, 15) is 18.0 Å². The number of alkyl halides is 3. The molecule has 0 unspecified atom stereocenters. The number of aliphatic carboxylic acids is 1. The van der Waals surface area contributed by atoms with Crippen molar-refractivity contribution in [2.45, 2.75) is 44.9 Å². The second-order valence-electron chi connectivity index (χ2n) is 8.34. The zero-order valence-electron chi connectivity index (χ0n) is 17.2. The number of carbonyl (C=O) groups excluding carboxylic acids is 1. The molecule has 1 aliphatic carbocycles. The van der Waals surface area contributed by atoms with Gasteiger partial charge in [0.05, 0.1) is 0 Å². The van der Waals surface area contributed by atoms with Crippen molar-refractivity contribution in [3.8, 4) is 0 Å². The zero-order valence-corrected chi connectivity index (χ0v) is 17.2. The van der Waals surface area contributed by atoms with Crippen molar-refractivity contribution < 1.29 is 27.9 Å². The Hall–Kier alpha value is -2.42. The summed E-state index contributed by atoms with van der Waals surface area (Å²) in [6.07, 6.45) is -3.02. The van der Waals surface area contributed by atoms with Crippen LogP contribution < -0.4 is 0 Å². The number of nitrogens with zero attached hydrogens (tertiary/aromatic N) is 3. The van der Waals surface area contributed by atoms with Gasteiger partial charge >= 0.3 is 12.1 Å². The first-order valence-corrected chi connectivity index (χ1v) is 9.86. The number of hydrogen-bond donors (Lipinski definition) is 1. The first kappa shape index (κ1) is 22.3. The monoisotopic (exact) mass is 425 g/mol. The van der Waals surface area contributed by atoms with Gasteiger partial charge in [0.15, 0.2) is 0 Å². The lowest BCUT2D eigenvalue weighted by molar-refractivity contribution is -0.192. The highest BCUT2D eigenvalue weighted by Crippen LogP contribution is 2.50. The van der Waals surface area contributed by atoms with Crippen LogP contribution >= 0.6 is 0 Å². The average Bonchev–Trinajstić information content (AvgIpc) is 3.26. The number of aryl methyl sites for hydroxylation is 1. The highest BCUT2D eigenvalue weighted by molar-refractivity contribution is 6.07. The van der Waals surface area contributed by atoms with Crippen molar-refractivity contribution in [2.75, 3.05) is 20.1 Å². The lowest BCUT2D eigenvalue weighted by Crippen LogP contribution is -2.45. The normalized spacial score (nSPS) is 28.4. The molecule has 2 aliphatic heterocycles. The van der Waals surface area contributed by atoms with Crippen molar-refractivity contribution in [1.82, 2.24) is 9.80 Å². The summed E-state index contributed by atoms with van der Waals surface area (Å²) in [6.45, 7) is 7.18. The van der Waals surface area contributed by atoms with Gasteiger partial charge in [-0.25, -0.2) is 4.79 Å². The number of carboxylic acids is 1. The number of halogens is 3. The Bertz CT molecular complexity index is 871. The number of hydrogen-bond acceptors (Lipinski definition) is 4. The number of carbonyl (C=O) groups is 2. The highest BCUT2D eigenvalue weighted by atomic mass is 19.4. The highest BCUT2D eigenvalue weighted by Gasteiger charge is 2.59. The van der Waals surface area contributed by atoms with Gasteiger partial charge in [0, 0.05) is 32.6 Å². The molecule has 1 amide bonds. The fourth-order valence-corrected chi connectivity index (χ4v) is 4.84. The van der Waals surface area contributed by atoms with Crippen LogP contribution in [-0.4, -0.2) is 64.5 Å². The minimum Gasteiger partial charge on any atom is -0.475 e. The van der Waals surface area contributed by atoms with E-state index in [4.69, 9.17) is 14.9 Å². The fourth-order valence-electron chi connectivity index (χ4n) is 4.84. The largest absolute Gasteiger partial charge is 0.490 e. The number of carboxylic acid groups (broad SMARTS) is 1. The molecule has 1 saturated carbocycles. The first-order valence-electron chi connectivity index (χ1n) is 9.86. The molecule has 164 valence electrons. The van der Waals surface area contributed by atoms with Gasteiger partial charge in [-0.15, -0.1) is 0 Å². The number of aliphatic imine (C=N–C) groups is 1. The second kappa shape index (κ2) is 8.02. The van der Waals surface area contributed by atoms with E-state index in [1.807, 2.05) is 14.0 Å². The molecule has 0 bridgehead atoms. The lowest BCUT2D eigenvalue weighted by atomic mass is 9.85. The van der Waals surface area contributed by atoms with Gasteiger partial charge < -0.3 is 10.0 Å². The maximum atomic E-state index is 12.8. The second-order valence-corrected chi connectivity index (χ2v) is 8.34. The fraction of sp³-hybridized carbons (Fsp3) is 0.571. The third-order valence-electron chi connectivity index (χ3n) is 6.28. The van der Waals surface area contributed by atoms with Gasteiger partial charge in [-0.2, -0.15) is 13.2 Å². The summed E-state index contributed by atoms with van der Waals surface area (Å²) < 4.78 is 31.7. The number of rotatable bonds is 2. The van der Waals surface area contributed by atoms with E-state index in [-0.39, 0.29) is 5.91 Å². The van der Waals surface area contributed by atoms with Crippen molar-refractivity contribution >= 4 is 17.7 Å². The van der Waals surface area contributed by atoms with Gasteiger partial charge in [0.2, 0.25) is 0 Å². The Balaban J connectivity index is 0.000000318. The predicted molar refractivity (Wildman–Crippen MR) is 105 cm³/mol. The summed E-state index contributed by atoms with van der Waals surface area (Å²) in [5.41, 5.74) is 2.23. The molecule has 2 heterocycles. The van der Waals surface area contributed by atoms with Crippen LogP contribution in [0.1, 0.15) is 30.9 Å². The van der Waals surface area contributed by atoms with Gasteiger partial charge in [-0.1, -0.05) is 29.8 Å². The molecule has 3 atom stereocenters. The molecule has 0 radical (unpaired) electrons. The van der Waals surface area contributed by atoms with Gasteiger partial charge in [-0.05, 0) is 38.2 Å². The minimum atomic E-state index is -5.08. The van der Waals surface area contributed by atoms with E-state index in [1.165, 1.54) is 11.1 Å². The van der Waals surface area contributed by atoms with Crippen LogP contribution in [0.25, 0.3) is 0 Å². The Morgan fingerprint density at radius 1 is 1.30 bits per heavy atom. The molecule has 1 aromatic carbocycles. The summed E-state index contributed by atoms with van der Waals surface area (Å²) in [5.74, 6) is -0.647. The summed E-state index contributed by atoms with van der Waals surface area (Å²) in [5, 5.41) is 7.12. The van der Waals surface area contributed by atoms with E-state index < -0.39 is 17.7 Å². The molecule has 9 heteroatoms. The predicted octanol–water partition coefficient (Wildman–Crippen LogP) is 3.10. The molecule has 6 nitrogen and oxygen atoms in total. The van der Waals surface area contributed by atoms with Crippen LogP contribution in [0.4, 0.5) is 13.2 Å². The standard InChI is InChI=1S/C19H25N3O.C2HF3O2/c1-13-5-4-6-15(9-13)10-22-11-16-7-8-19(17(16)12-22)18(23)21(3)14(2)20-19;3-2(4,5)1(6)7/h4-6,9,16-17H,7-8,10-12H2,1-3H3;(H,6,7)/t16-,17+,19-;/m1./s1. The minimum absolute atomic E-state index is 0.222. The molecular weight excluding hydrogens is 399 g/mol. The molecule has 1 aromatic rings. The van der Waals surface area contributed by atoms with E-state index >= 15 is 0 Å². The molecule has 1 saturated heterocycles. The Morgan fingerprint density at radius 2 is 1.97 bits per heavy atom. The van der Waals surface area contributed by atoms with Crippen LogP contribution in [0.2, 0.25) is 0 Å². The number of likely N-dealkylation sites (tertiary alicyclic amines) is 1. The van der Waals surface area contributed by atoms with Gasteiger partial charge in [0.25, 0.3) is 5.91 Å². The maximum Gasteiger partial charge on any atom is 0.490 e. The molecule has 30 heavy (non-hydrogen) atoms. The molecule has 4 rings (SSSR count). The smallest absolute Gasteiger partial charge is 0.475 e. The van der Waals surface area contributed by atoms with Gasteiger partial charge in [0.1, 0.15) is 11.4 Å². The van der Waals surface area contributed by atoms with Gasteiger partial charge in [-0.3, -0.25) is 14.7 Å². The van der Waals surface area contributed by atoms with Crippen molar-refractivity contribution in [3.05, 3.63) is 35.4 Å². The third-order valence-corrected chi connectivity index (χ3v) is 6.28. The number of likely N-dealkylation sites (N-methyl/N-ethyl adjacent to an activating group) is 1. The quantitative estimate of drug-likeness (QED) is 0.790. The average molecular weight is 425 g/mol. The summed E-state index contributed by atoms with van der Waals surface area (Å²) in [6, 6.07) is 8.74. The summed E-state index contributed by atoms with van der Waals surface area (Å²) >= 11 is 0. The first-order chi connectivity index (χ1) is 13.9. The molecule has 2 fully saturated rings. The van der Waals surface area contributed by atoms with E-state index in [0.717, 1.165) is 38.3 Å². The molecule has 3 aliphatic rings. The zero-order chi connectivity index (χ0) is 22.3. The maximum absolute atomic E-state index is 12.8. The Labute approximate surface area is 173 Å². The third kappa shape index (κ3) is 4.21. The van der Waals surface area contributed by atoms with E-state index in [1.54, 1.807) is 4.90 Å². The Kier molecular flexibility index (Phi) is 5.95. The number of amidine groups is 1. The molecule has 1 N–H and O–H groups in total. The summed E-state index contributed by atoms with van der Waals surface area (Å²) in [7, 11) is 1.86. The van der Waals surface area contributed by atoms with Crippen LogP contribution in [0, 0.1) is 18.8 Å².